The number of hydrogen-bond acceptors (Lipinski definition) is 4. The van der Waals surface area contributed by atoms with Gasteiger partial charge in [-0.15, -0.1) is 0 Å². The lowest BCUT2D eigenvalue weighted by Gasteiger charge is -2.30. The maximum Gasteiger partial charge on any atom is 0.412 e. The van der Waals surface area contributed by atoms with Gasteiger partial charge in [-0.25, -0.2) is 4.79 Å². The van der Waals surface area contributed by atoms with Crippen LogP contribution in [0.2, 0.25) is 0 Å². The van der Waals surface area contributed by atoms with Crippen LogP contribution in [0.3, 0.4) is 0 Å². The molecular weight excluding hydrogens is 250 g/mol. The summed E-state index contributed by atoms with van der Waals surface area (Å²) in [6.45, 7) is 7.67. The number of likely N-dealkylation sites (tertiary alicyclic amines) is 1. The fraction of sp³-hybridized carbons (Fsp3) is 0.923. The van der Waals surface area contributed by atoms with Crippen molar-refractivity contribution in [3.8, 4) is 0 Å². The molecule has 2 atom stereocenters. The van der Waals surface area contributed by atoms with Crippen LogP contribution < -0.4 is 0 Å². The molecule has 0 aromatic heterocycles. The molecule has 1 fully saturated rings. The summed E-state index contributed by atoms with van der Waals surface area (Å²) in [7, 11) is 0. The average Bonchev–Trinajstić information content (AvgIpc) is 2.58. The number of amides is 1. The van der Waals surface area contributed by atoms with Gasteiger partial charge in [0.2, 0.25) is 0 Å². The fourth-order valence-corrected chi connectivity index (χ4v) is 3.03. The van der Waals surface area contributed by atoms with Crippen molar-refractivity contribution in [2.24, 2.45) is 0 Å². The quantitative estimate of drug-likeness (QED) is 0.802. The molecule has 1 heterocycles. The van der Waals surface area contributed by atoms with Gasteiger partial charge in [-0.3, -0.25) is 4.90 Å². The molecule has 0 spiro atoms. The minimum absolute atomic E-state index is 0.103. The Morgan fingerprint density at radius 2 is 2.11 bits per heavy atom. The van der Waals surface area contributed by atoms with E-state index >= 15 is 0 Å². The van der Waals surface area contributed by atoms with E-state index in [0.29, 0.717) is 6.42 Å². The zero-order valence-corrected chi connectivity index (χ0v) is 12.6. The summed E-state index contributed by atoms with van der Waals surface area (Å²) in [6, 6.07) is 0.103. The number of aliphatic hydroxyl groups excluding tert-OH is 1. The van der Waals surface area contributed by atoms with Crippen molar-refractivity contribution in [1.29, 1.82) is 0 Å². The summed E-state index contributed by atoms with van der Waals surface area (Å²) >= 11 is 1.83. The van der Waals surface area contributed by atoms with E-state index in [1.165, 1.54) is 4.90 Å². The molecule has 1 aliphatic rings. The molecule has 0 bridgehead atoms. The van der Waals surface area contributed by atoms with Crippen LogP contribution in [0, 0.1) is 0 Å². The zero-order chi connectivity index (χ0) is 13.8. The first-order valence-corrected chi connectivity index (χ1v) is 7.77. The van der Waals surface area contributed by atoms with Crippen molar-refractivity contribution in [3.05, 3.63) is 0 Å². The van der Waals surface area contributed by atoms with E-state index in [0.717, 1.165) is 24.3 Å². The van der Waals surface area contributed by atoms with Gasteiger partial charge >= 0.3 is 6.09 Å². The summed E-state index contributed by atoms with van der Waals surface area (Å²) in [5.41, 5.74) is -0.513. The van der Waals surface area contributed by atoms with E-state index < -0.39 is 17.9 Å². The van der Waals surface area contributed by atoms with E-state index in [2.05, 4.69) is 6.92 Å². The van der Waals surface area contributed by atoms with Crippen molar-refractivity contribution in [2.45, 2.75) is 64.8 Å². The third-order valence-electron chi connectivity index (χ3n) is 2.74. The highest BCUT2D eigenvalue weighted by Crippen LogP contribution is 2.27. The molecular formula is C13H25NO3S. The maximum absolute atomic E-state index is 12.0. The SMILES string of the molecule is CCCSCC1CCC(O)N1C(=O)OC(C)(C)C. The number of hydrogen-bond donors (Lipinski definition) is 1. The number of nitrogens with zero attached hydrogens (tertiary/aromatic N) is 1. The Hall–Kier alpha value is -0.420. The molecule has 0 aromatic rings. The van der Waals surface area contributed by atoms with Crippen molar-refractivity contribution in [1.82, 2.24) is 4.90 Å². The summed E-state index contributed by atoms with van der Waals surface area (Å²) in [5.74, 6) is 1.97. The summed E-state index contributed by atoms with van der Waals surface area (Å²) in [5, 5.41) is 9.90. The van der Waals surface area contributed by atoms with Crippen molar-refractivity contribution in [2.75, 3.05) is 11.5 Å². The molecule has 1 N–H and O–H groups in total. The third kappa shape index (κ3) is 4.69. The summed E-state index contributed by atoms with van der Waals surface area (Å²) in [6.07, 6.45) is 1.56. The maximum atomic E-state index is 12.0. The predicted molar refractivity (Wildman–Crippen MR) is 74.7 cm³/mol. The first kappa shape index (κ1) is 15.6. The second kappa shape index (κ2) is 6.66. The van der Waals surface area contributed by atoms with Crippen molar-refractivity contribution < 1.29 is 14.6 Å². The van der Waals surface area contributed by atoms with Gasteiger partial charge in [0.15, 0.2) is 0 Å². The topological polar surface area (TPSA) is 49.8 Å². The van der Waals surface area contributed by atoms with Crippen molar-refractivity contribution >= 4 is 17.9 Å². The first-order chi connectivity index (χ1) is 8.35. The van der Waals surface area contributed by atoms with E-state index in [1.807, 2.05) is 32.5 Å². The lowest BCUT2D eigenvalue weighted by atomic mass is 10.2. The van der Waals surface area contributed by atoms with Gasteiger partial charge in [-0.2, -0.15) is 11.8 Å². The van der Waals surface area contributed by atoms with Gasteiger partial charge in [0.05, 0.1) is 0 Å². The number of carbonyl (C=O) groups is 1. The van der Waals surface area contributed by atoms with Crippen LogP contribution in [0.5, 0.6) is 0 Å². The molecule has 5 heteroatoms. The largest absolute Gasteiger partial charge is 0.444 e. The van der Waals surface area contributed by atoms with E-state index in [1.54, 1.807) is 0 Å². The standard InChI is InChI=1S/C13H25NO3S/c1-5-8-18-9-10-6-7-11(15)14(10)12(16)17-13(2,3)4/h10-11,15H,5-9H2,1-4H3. The summed E-state index contributed by atoms with van der Waals surface area (Å²) < 4.78 is 5.35. The molecule has 1 saturated heterocycles. The lowest BCUT2D eigenvalue weighted by molar-refractivity contribution is -0.0217. The number of rotatable bonds is 4. The highest BCUT2D eigenvalue weighted by molar-refractivity contribution is 7.99. The number of carbonyl (C=O) groups excluding carboxylic acids is 1. The molecule has 18 heavy (non-hydrogen) atoms. The van der Waals surface area contributed by atoms with E-state index in [-0.39, 0.29) is 6.04 Å². The Kier molecular flexibility index (Phi) is 5.79. The predicted octanol–water partition coefficient (Wildman–Crippen LogP) is 2.85. The van der Waals surface area contributed by atoms with Crippen LogP contribution in [-0.2, 0) is 4.74 Å². The van der Waals surface area contributed by atoms with Crippen LogP contribution in [0.1, 0.15) is 47.0 Å². The molecule has 0 aliphatic carbocycles. The van der Waals surface area contributed by atoms with Gasteiger partial charge in [0.25, 0.3) is 0 Å². The van der Waals surface area contributed by atoms with Gasteiger partial charge in [-0.1, -0.05) is 6.92 Å². The van der Waals surface area contributed by atoms with Crippen LogP contribution in [0.15, 0.2) is 0 Å². The average molecular weight is 275 g/mol. The van der Waals surface area contributed by atoms with Crippen molar-refractivity contribution in [3.63, 3.8) is 0 Å². The molecule has 2 unspecified atom stereocenters. The molecule has 1 aliphatic heterocycles. The van der Waals surface area contributed by atoms with Crippen LogP contribution in [0.4, 0.5) is 4.79 Å². The zero-order valence-electron chi connectivity index (χ0n) is 11.8. The highest BCUT2D eigenvalue weighted by atomic mass is 32.2. The molecule has 1 amide bonds. The monoisotopic (exact) mass is 275 g/mol. The van der Waals surface area contributed by atoms with Gasteiger partial charge in [0.1, 0.15) is 11.8 Å². The number of aliphatic hydroxyl groups is 1. The molecule has 0 radical (unpaired) electrons. The van der Waals surface area contributed by atoms with E-state index in [9.17, 15) is 9.90 Å². The Labute approximate surface area is 114 Å². The third-order valence-corrected chi connectivity index (χ3v) is 4.05. The minimum atomic E-state index is -0.688. The first-order valence-electron chi connectivity index (χ1n) is 6.62. The smallest absolute Gasteiger partial charge is 0.412 e. The molecule has 4 nitrogen and oxygen atoms in total. The van der Waals surface area contributed by atoms with Gasteiger partial charge in [-0.05, 0) is 45.8 Å². The molecule has 106 valence electrons. The molecule has 0 aromatic carbocycles. The normalized spacial score (nSPS) is 24.4. The Balaban J connectivity index is 2.55. The summed E-state index contributed by atoms with van der Waals surface area (Å²) in [4.78, 5) is 13.6. The fourth-order valence-electron chi connectivity index (χ4n) is 1.98. The Bertz CT molecular complexity index is 278. The highest BCUT2D eigenvalue weighted by Gasteiger charge is 2.38. The number of thioether (sulfide) groups is 1. The Morgan fingerprint density at radius 3 is 2.67 bits per heavy atom. The van der Waals surface area contributed by atoms with Crippen LogP contribution >= 0.6 is 11.8 Å². The van der Waals surface area contributed by atoms with Crippen LogP contribution in [0.25, 0.3) is 0 Å². The Morgan fingerprint density at radius 1 is 1.44 bits per heavy atom. The lowest BCUT2D eigenvalue weighted by Crippen LogP contribution is -2.45. The van der Waals surface area contributed by atoms with Gasteiger partial charge < -0.3 is 9.84 Å². The van der Waals surface area contributed by atoms with Crippen LogP contribution in [-0.4, -0.2) is 45.5 Å². The second-order valence-corrected chi connectivity index (χ2v) is 6.82. The molecule has 1 rings (SSSR count). The van der Waals surface area contributed by atoms with E-state index in [4.69, 9.17) is 4.74 Å². The van der Waals surface area contributed by atoms with Gasteiger partial charge in [0, 0.05) is 11.8 Å². The minimum Gasteiger partial charge on any atom is -0.444 e. The second-order valence-electron chi connectivity index (χ2n) is 5.67. The molecule has 0 saturated carbocycles. The number of ether oxygens (including phenoxy) is 1.